The van der Waals surface area contributed by atoms with Crippen molar-refractivity contribution in [2.24, 2.45) is 0 Å². The van der Waals surface area contributed by atoms with Crippen LogP contribution in [0.3, 0.4) is 0 Å². The SMILES string of the molecule is CCC(C)(C)N(C)Cc1cccc(-c2nc(CCl)cs2)c1. The van der Waals surface area contributed by atoms with Gasteiger partial charge in [-0.05, 0) is 38.9 Å². The van der Waals surface area contributed by atoms with E-state index >= 15 is 0 Å². The number of rotatable bonds is 6. The predicted molar refractivity (Wildman–Crippen MR) is 92.9 cm³/mol. The van der Waals surface area contributed by atoms with E-state index in [-0.39, 0.29) is 5.54 Å². The van der Waals surface area contributed by atoms with Gasteiger partial charge in [0.15, 0.2) is 0 Å². The van der Waals surface area contributed by atoms with Crippen molar-refractivity contribution in [3.8, 4) is 10.6 Å². The van der Waals surface area contributed by atoms with Crippen LogP contribution in [0.25, 0.3) is 10.6 Å². The van der Waals surface area contributed by atoms with Crippen molar-refractivity contribution >= 4 is 22.9 Å². The van der Waals surface area contributed by atoms with Crippen LogP contribution in [0.2, 0.25) is 0 Å². The van der Waals surface area contributed by atoms with Crippen molar-refractivity contribution in [1.29, 1.82) is 0 Å². The van der Waals surface area contributed by atoms with Crippen molar-refractivity contribution in [3.05, 3.63) is 40.9 Å². The lowest BCUT2D eigenvalue weighted by Crippen LogP contribution is -2.39. The molecular formula is C17H23ClN2S. The summed E-state index contributed by atoms with van der Waals surface area (Å²) in [6.45, 7) is 7.74. The first-order chi connectivity index (χ1) is 9.96. The number of halogens is 1. The standard InChI is InChI=1S/C17H23ClN2S/c1-5-17(2,3)20(4)11-13-7-6-8-14(9-13)16-19-15(10-18)12-21-16/h6-9,12H,5,10-11H2,1-4H3. The highest BCUT2D eigenvalue weighted by Gasteiger charge is 2.21. The Bertz CT molecular complexity index is 592. The van der Waals surface area contributed by atoms with E-state index in [0.717, 1.165) is 23.7 Å². The van der Waals surface area contributed by atoms with E-state index in [4.69, 9.17) is 11.6 Å². The van der Waals surface area contributed by atoms with Crippen LogP contribution in [0.1, 0.15) is 38.4 Å². The molecule has 0 spiro atoms. The van der Waals surface area contributed by atoms with Gasteiger partial charge in [-0.2, -0.15) is 0 Å². The van der Waals surface area contributed by atoms with Gasteiger partial charge in [-0.1, -0.05) is 25.1 Å². The molecule has 21 heavy (non-hydrogen) atoms. The fourth-order valence-electron chi connectivity index (χ4n) is 2.06. The molecule has 0 aliphatic rings. The van der Waals surface area contributed by atoms with Gasteiger partial charge >= 0.3 is 0 Å². The Balaban J connectivity index is 2.18. The molecule has 0 bridgehead atoms. The first-order valence-corrected chi connectivity index (χ1v) is 8.68. The van der Waals surface area contributed by atoms with Gasteiger partial charge in [-0.15, -0.1) is 22.9 Å². The Kier molecular flexibility index (Phi) is 5.42. The molecule has 0 unspecified atom stereocenters. The molecule has 0 saturated heterocycles. The summed E-state index contributed by atoms with van der Waals surface area (Å²) in [5.74, 6) is 0.476. The summed E-state index contributed by atoms with van der Waals surface area (Å²) >= 11 is 7.49. The third kappa shape index (κ3) is 4.06. The molecule has 0 aliphatic carbocycles. The molecule has 0 radical (unpaired) electrons. The zero-order valence-electron chi connectivity index (χ0n) is 13.2. The van der Waals surface area contributed by atoms with Crippen LogP contribution in [0.15, 0.2) is 29.6 Å². The Morgan fingerprint density at radius 3 is 2.71 bits per heavy atom. The molecule has 0 atom stereocenters. The second kappa shape index (κ2) is 6.91. The second-order valence-corrected chi connectivity index (χ2v) is 7.13. The predicted octanol–water partition coefficient (Wildman–Crippen LogP) is 5.17. The maximum atomic E-state index is 5.83. The summed E-state index contributed by atoms with van der Waals surface area (Å²) in [5, 5.41) is 3.08. The molecule has 0 N–H and O–H groups in total. The third-order valence-corrected chi connectivity index (χ3v) is 5.39. The summed E-state index contributed by atoms with van der Waals surface area (Å²) < 4.78 is 0. The quantitative estimate of drug-likeness (QED) is 0.682. The fourth-order valence-corrected chi connectivity index (χ4v) is 3.11. The summed E-state index contributed by atoms with van der Waals surface area (Å²) in [4.78, 5) is 6.96. The molecule has 114 valence electrons. The molecule has 4 heteroatoms. The highest BCUT2D eigenvalue weighted by molar-refractivity contribution is 7.13. The Labute approximate surface area is 136 Å². The topological polar surface area (TPSA) is 16.1 Å². The van der Waals surface area contributed by atoms with Crippen LogP contribution < -0.4 is 0 Å². The maximum Gasteiger partial charge on any atom is 0.123 e. The second-order valence-electron chi connectivity index (χ2n) is 6.00. The van der Waals surface area contributed by atoms with Crippen LogP contribution in [-0.2, 0) is 12.4 Å². The summed E-state index contributed by atoms with van der Waals surface area (Å²) in [6, 6.07) is 8.64. The molecule has 1 aromatic carbocycles. The molecule has 2 aromatic rings. The summed E-state index contributed by atoms with van der Waals surface area (Å²) in [7, 11) is 2.19. The van der Waals surface area contributed by atoms with Gasteiger partial charge in [0.2, 0.25) is 0 Å². The van der Waals surface area contributed by atoms with E-state index in [0.29, 0.717) is 5.88 Å². The first kappa shape index (κ1) is 16.5. The van der Waals surface area contributed by atoms with Gasteiger partial charge in [0.25, 0.3) is 0 Å². The molecule has 2 nitrogen and oxygen atoms in total. The van der Waals surface area contributed by atoms with Gasteiger partial charge < -0.3 is 0 Å². The highest BCUT2D eigenvalue weighted by Crippen LogP contribution is 2.26. The number of nitrogens with zero attached hydrogens (tertiary/aromatic N) is 2. The average Bonchev–Trinajstić information content (AvgIpc) is 2.96. The number of thiazole rings is 1. The van der Waals surface area contributed by atoms with Crippen molar-refractivity contribution < 1.29 is 0 Å². The monoisotopic (exact) mass is 322 g/mol. The largest absolute Gasteiger partial charge is 0.297 e. The molecule has 2 rings (SSSR count). The van der Waals surface area contributed by atoms with Crippen molar-refractivity contribution in [3.63, 3.8) is 0 Å². The normalized spacial score (nSPS) is 12.1. The van der Waals surface area contributed by atoms with Gasteiger partial charge in [-0.3, -0.25) is 4.90 Å². The van der Waals surface area contributed by atoms with Crippen LogP contribution >= 0.6 is 22.9 Å². The van der Waals surface area contributed by atoms with E-state index in [1.165, 1.54) is 11.1 Å². The Morgan fingerprint density at radius 1 is 1.33 bits per heavy atom. The van der Waals surface area contributed by atoms with E-state index in [1.54, 1.807) is 11.3 Å². The van der Waals surface area contributed by atoms with Crippen LogP contribution in [0.4, 0.5) is 0 Å². The number of aromatic nitrogens is 1. The van der Waals surface area contributed by atoms with Crippen molar-refractivity contribution in [1.82, 2.24) is 9.88 Å². The fraction of sp³-hybridized carbons (Fsp3) is 0.471. The van der Waals surface area contributed by atoms with Gasteiger partial charge in [-0.25, -0.2) is 4.98 Å². The van der Waals surface area contributed by atoms with E-state index in [2.05, 4.69) is 62.0 Å². The number of hydrogen-bond donors (Lipinski definition) is 0. The Morgan fingerprint density at radius 2 is 2.10 bits per heavy atom. The molecule has 0 saturated carbocycles. The lowest BCUT2D eigenvalue weighted by Gasteiger charge is -2.34. The highest BCUT2D eigenvalue weighted by atomic mass is 35.5. The molecule has 0 amide bonds. The summed E-state index contributed by atoms with van der Waals surface area (Å²) in [6.07, 6.45) is 1.13. The molecule has 0 fully saturated rings. The average molecular weight is 323 g/mol. The maximum absolute atomic E-state index is 5.83. The van der Waals surface area contributed by atoms with Crippen molar-refractivity contribution in [2.75, 3.05) is 7.05 Å². The zero-order valence-corrected chi connectivity index (χ0v) is 14.8. The molecular weight excluding hydrogens is 300 g/mol. The molecule has 1 heterocycles. The van der Waals surface area contributed by atoms with Gasteiger partial charge in [0.1, 0.15) is 5.01 Å². The Hall–Kier alpha value is -0.900. The van der Waals surface area contributed by atoms with Crippen LogP contribution in [0, 0.1) is 0 Å². The lowest BCUT2D eigenvalue weighted by molar-refractivity contribution is 0.143. The zero-order chi connectivity index (χ0) is 15.5. The smallest absolute Gasteiger partial charge is 0.123 e. The molecule has 1 aromatic heterocycles. The minimum Gasteiger partial charge on any atom is -0.297 e. The number of alkyl halides is 1. The van der Waals surface area contributed by atoms with E-state index in [9.17, 15) is 0 Å². The number of hydrogen-bond acceptors (Lipinski definition) is 3. The van der Waals surface area contributed by atoms with Gasteiger partial charge in [0, 0.05) is 23.0 Å². The van der Waals surface area contributed by atoms with Crippen LogP contribution in [-0.4, -0.2) is 22.5 Å². The van der Waals surface area contributed by atoms with Gasteiger partial charge in [0.05, 0.1) is 11.6 Å². The third-order valence-electron chi connectivity index (χ3n) is 4.18. The minimum atomic E-state index is 0.211. The van der Waals surface area contributed by atoms with Crippen LogP contribution in [0.5, 0.6) is 0 Å². The van der Waals surface area contributed by atoms with E-state index < -0.39 is 0 Å². The number of benzene rings is 1. The molecule has 0 aliphatic heterocycles. The first-order valence-electron chi connectivity index (χ1n) is 7.27. The van der Waals surface area contributed by atoms with E-state index in [1.807, 2.05) is 5.38 Å². The summed E-state index contributed by atoms with van der Waals surface area (Å²) in [5.41, 5.74) is 3.66. The lowest BCUT2D eigenvalue weighted by atomic mass is 9.99. The van der Waals surface area contributed by atoms with Crippen molar-refractivity contribution in [2.45, 2.75) is 45.2 Å². The minimum absolute atomic E-state index is 0.211.